The minimum atomic E-state index is -4.76. The second-order valence-electron chi connectivity index (χ2n) is 10.7. The van der Waals surface area contributed by atoms with Gasteiger partial charge in [-0.25, -0.2) is 0 Å². The summed E-state index contributed by atoms with van der Waals surface area (Å²) in [4.78, 5) is -0.998. The van der Waals surface area contributed by atoms with Crippen molar-refractivity contribution in [1.29, 1.82) is 0 Å². The molecule has 6 aromatic carbocycles. The summed E-state index contributed by atoms with van der Waals surface area (Å²) in [5.74, 6) is 0. The lowest BCUT2D eigenvalue weighted by molar-refractivity contribution is 0.480. The molecule has 14 heteroatoms. The molecule has 0 aromatic heterocycles. The van der Waals surface area contributed by atoms with Gasteiger partial charge >= 0.3 is 0 Å². The van der Waals surface area contributed by atoms with E-state index < -0.39 is 30.0 Å². The fourth-order valence-electron chi connectivity index (χ4n) is 5.09. The summed E-state index contributed by atoms with van der Waals surface area (Å²) in [6.07, 6.45) is 2.55. The quantitative estimate of drug-likeness (QED) is 0.0528. The maximum atomic E-state index is 12.3. The Labute approximate surface area is 275 Å². The molecule has 0 fully saturated rings. The van der Waals surface area contributed by atoms with Gasteiger partial charge in [-0.05, 0) is 70.4 Å². The molecule has 0 aliphatic heterocycles. The van der Waals surface area contributed by atoms with E-state index in [0.717, 1.165) is 33.7 Å². The molecule has 12 nitrogen and oxygen atoms in total. The van der Waals surface area contributed by atoms with Crippen molar-refractivity contribution >= 4 is 88.1 Å². The number of fused-ring (bicyclic) bond motifs is 2. The van der Waals surface area contributed by atoms with Crippen molar-refractivity contribution in [2.45, 2.75) is 9.79 Å². The van der Waals surface area contributed by atoms with E-state index in [1.165, 1.54) is 36.4 Å². The monoisotopic (exact) mass is 678 g/mol. The van der Waals surface area contributed by atoms with Gasteiger partial charge in [0.2, 0.25) is 0 Å². The lowest BCUT2D eigenvalue weighted by Crippen LogP contribution is -2.01. The smallest absolute Gasteiger partial charge is 0.295 e. The minimum Gasteiger partial charge on any atom is -0.399 e. The zero-order chi connectivity index (χ0) is 34.1. The molecule has 0 bridgehead atoms. The fourth-order valence-corrected chi connectivity index (χ4v) is 6.49. The number of nitrogens with zero attached hydrogens (tertiary/aromatic N) is 4. The Bertz CT molecular complexity index is 2370. The standard InChI is InChI=1S/C34H26N6O6S2/c35-25-15-23-5-1-3-7-29(23)31(17-25)39-37-27-13-11-21(33(19-27)47(41,42)43)9-10-22-12-14-28(20-34(22)48(44,45)46)38-40-32-18-26(36)16-24-6-2-4-8-30(24)32/h1-20H,35-36H2,(H,41,42,43)(H,44,45,46)/b10-9+,39-37+,40-38+. The third-order valence-corrected chi connectivity index (χ3v) is 9.08. The maximum absolute atomic E-state index is 12.3. The van der Waals surface area contributed by atoms with Crippen molar-refractivity contribution < 1.29 is 25.9 Å². The van der Waals surface area contributed by atoms with E-state index in [4.69, 9.17) is 11.5 Å². The van der Waals surface area contributed by atoms with Crippen molar-refractivity contribution in [3.63, 3.8) is 0 Å². The predicted molar refractivity (Wildman–Crippen MR) is 187 cm³/mol. The lowest BCUT2D eigenvalue weighted by atomic mass is 10.1. The molecule has 240 valence electrons. The summed E-state index contributed by atoms with van der Waals surface area (Å²) in [7, 11) is -9.52. The third-order valence-electron chi connectivity index (χ3n) is 7.26. The molecule has 0 spiro atoms. The van der Waals surface area contributed by atoms with E-state index in [2.05, 4.69) is 20.5 Å². The van der Waals surface area contributed by atoms with E-state index in [9.17, 15) is 25.9 Å². The first-order valence-electron chi connectivity index (χ1n) is 14.2. The van der Waals surface area contributed by atoms with Gasteiger partial charge in [-0.1, -0.05) is 72.8 Å². The van der Waals surface area contributed by atoms with Crippen LogP contribution in [0.1, 0.15) is 11.1 Å². The van der Waals surface area contributed by atoms with E-state index in [1.807, 2.05) is 48.5 Å². The van der Waals surface area contributed by atoms with Crippen molar-refractivity contribution in [3.05, 3.63) is 120 Å². The van der Waals surface area contributed by atoms with Crippen LogP contribution >= 0.6 is 0 Å². The zero-order valence-electron chi connectivity index (χ0n) is 24.8. The SMILES string of the molecule is Nc1cc(/N=N/c2ccc(/C=C/c3ccc(/N=N/c4cc(N)cc5ccccc45)cc3S(=O)(=O)O)c(S(=O)(=O)O)c2)c2ccccc2c1. The maximum Gasteiger partial charge on any atom is 0.295 e. The van der Waals surface area contributed by atoms with Crippen molar-refractivity contribution in [2.75, 3.05) is 11.5 Å². The highest BCUT2D eigenvalue weighted by Gasteiger charge is 2.18. The van der Waals surface area contributed by atoms with E-state index in [1.54, 1.807) is 24.3 Å². The van der Waals surface area contributed by atoms with E-state index in [0.29, 0.717) is 22.7 Å². The van der Waals surface area contributed by atoms with Crippen LogP contribution in [-0.2, 0) is 20.2 Å². The van der Waals surface area contributed by atoms with Crippen LogP contribution in [-0.4, -0.2) is 25.9 Å². The third kappa shape index (κ3) is 7.11. The van der Waals surface area contributed by atoms with Gasteiger partial charge in [0.25, 0.3) is 20.2 Å². The fraction of sp³-hybridized carbons (Fsp3) is 0. The van der Waals surface area contributed by atoms with Gasteiger partial charge in [0, 0.05) is 22.1 Å². The van der Waals surface area contributed by atoms with Crippen LogP contribution in [0.4, 0.5) is 34.1 Å². The molecule has 48 heavy (non-hydrogen) atoms. The Morgan fingerprint density at radius 1 is 0.500 bits per heavy atom. The second kappa shape index (κ2) is 12.8. The molecule has 0 aliphatic carbocycles. The molecule has 0 radical (unpaired) electrons. The molecule has 6 N–H and O–H groups in total. The van der Waals surface area contributed by atoms with Crippen LogP contribution in [0.25, 0.3) is 33.7 Å². The number of azo groups is 2. The van der Waals surface area contributed by atoms with Gasteiger partial charge in [-0.3, -0.25) is 9.11 Å². The molecule has 0 saturated carbocycles. The number of benzene rings is 6. The zero-order valence-corrected chi connectivity index (χ0v) is 26.5. The van der Waals surface area contributed by atoms with Gasteiger partial charge < -0.3 is 11.5 Å². The average Bonchev–Trinajstić information content (AvgIpc) is 3.04. The first kappa shape index (κ1) is 32.2. The molecule has 6 aromatic rings. The summed E-state index contributed by atoms with van der Waals surface area (Å²) < 4.78 is 69.3. The van der Waals surface area contributed by atoms with E-state index >= 15 is 0 Å². The van der Waals surface area contributed by atoms with E-state index in [-0.39, 0.29) is 22.5 Å². The predicted octanol–water partition coefficient (Wildman–Crippen LogP) is 8.65. The molecular formula is C34H26N6O6S2. The molecular weight excluding hydrogens is 653 g/mol. The Morgan fingerprint density at radius 3 is 1.29 bits per heavy atom. The van der Waals surface area contributed by atoms with Crippen LogP contribution in [0.2, 0.25) is 0 Å². The van der Waals surface area contributed by atoms with Crippen LogP contribution in [0.5, 0.6) is 0 Å². The number of hydrogen-bond acceptors (Lipinski definition) is 10. The minimum absolute atomic E-state index is 0.0180. The highest BCUT2D eigenvalue weighted by molar-refractivity contribution is 7.86. The summed E-state index contributed by atoms with van der Waals surface area (Å²) in [6, 6.07) is 29.6. The van der Waals surface area contributed by atoms with Gasteiger partial charge in [0.15, 0.2) is 0 Å². The lowest BCUT2D eigenvalue weighted by Gasteiger charge is -2.07. The van der Waals surface area contributed by atoms with Crippen LogP contribution in [0, 0.1) is 0 Å². The van der Waals surface area contributed by atoms with Gasteiger partial charge in [-0.2, -0.15) is 27.1 Å². The van der Waals surface area contributed by atoms with Gasteiger partial charge in [-0.15, -0.1) is 10.2 Å². The summed E-state index contributed by atoms with van der Waals surface area (Å²) in [5.41, 5.74) is 14.1. The Hall–Kier alpha value is -5.80. The Balaban J connectivity index is 1.32. The summed E-state index contributed by atoms with van der Waals surface area (Å²) in [6.45, 7) is 0. The Morgan fingerprint density at radius 2 is 0.896 bits per heavy atom. The number of nitrogen functional groups attached to an aromatic ring is 2. The number of anilines is 2. The van der Waals surface area contributed by atoms with Crippen molar-refractivity contribution in [2.24, 2.45) is 20.5 Å². The number of rotatable bonds is 8. The Kier molecular flexibility index (Phi) is 8.56. The molecule has 0 atom stereocenters. The molecule has 0 aliphatic rings. The second-order valence-corrected chi connectivity index (χ2v) is 13.4. The molecule has 0 heterocycles. The van der Waals surface area contributed by atoms with Crippen molar-refractivity contribution in [3.8, 4) is 0 Å². The van der Waals surface area contributed by atoms with Crippen LogP contribution < -0.4 is 11.5 Å². The summed E-state index contributed by atoms with van der Waals surface area (Å²) >= 11 is 0. The molecule has 0 saturated heterocycles. The molecule has 0 amide bonds. The molecule has 0 unspecified atom stereocenters. The number of nitrogens with two attached hydrogens (primary N) is 2. The van der Waals surface area contributed by atoms with Gasteiger partial charge in [0.1, 0.15) is 9.79 Å². The first-order valence-corrected chi connectivity index (χ1v) is 17.0. The van der Waals surface area contributed by atoms with Crippen molar-refractivity contribution in [1.82, 2.24) is 0 Å². The number of hydrogen-bond donors (Lipinski definition) is 4. The average molecular weight is 679 g/mol. The highest BCUT2D eigenvalue weighted by Crippen LogP contribution is 2.34. The largest absolute Gasteiger partial charge is 0.399 e. The topological polar surface area (TPSA) is 210 Å². The van der Waals surface area contributed by atoms with Gasteiger partial charge in [0.05, 0.1) is 22.7 Å². The van der Waals surface area contributed by atoms with Crippen LogP contribution in [0.15, 0.2) is 139 Å². The highest BCUT2D eigenvalue weighted by atomic mass is 32.2. The summed E-state index contributed by atoms with van der Waals surface area (Å²) in [5, 5.41) is 20.1. The first-order chi connectivity index (χ1) is 22.8. The van der Waals surface area contributed by atoms with Crippen LogP contribution in [0.3, 0.4) is 0 Å². The molecule has 6 rings (SSSR count). The normalized spacial score (nSPS) is 12.6.